The average molecular weight is 233 g/mol. The van der Waals surface area contributed by atoms with Crippen molar-refractivity contribution in [3.8, 4) is 0 Å². The summed E-state index contributed by atoms with van der Waals surface area (Å²) in [4.78, 5) is 11.8. The predicted octanol–water partition coefficient (Wildman–Crippen LogP) is 2.66. The number of Topliss-reactive ketones (excluding diaryl/α,β-unsaturated/α-hetero) is 1. The molecular weight excluding hydrogens is 221 g/mol. The molecule has 1 aromatic heterocycles. The maximum atomic E-state index is 13.0. The number of halogens is 1. The second-order valence-electron chi connectivity index (χ2n) is 3.79. The molecule has 0 spiro atoms. The van der Waals surface area contributed by atoms with Gasteiger partial charge in [0.15, 0.2) is 5.76 Å². The van der Waals surface area contributed by atoms with E-state index in [1.54, 1.807) is 6.08 Å². The van der Waals surface area contributed by atoms with E-state index in [-0.39, 0.29) is 17.4 Å². The molecule has 1 heterocycles. The van der Waals surface area contributed by atoms with Crippen LogP contribution in [0.15, 0.2) is 41.3 Å². The smallest absolute Gasteiger partial charge is 0.214 e. The highest BCUT2D eigenvalue weighted by Crippen LogP contribution is 2.21. The van der Waals surface area contributed by atoms with E-state index in [0.717, 1.165) is 0 Å². The zero-order valence-corrected chi connectivity index (χ0v) is 9.15. The molecule has 2 rings (SSSR count). The van der Waals surface area contributed by atoms with Gasteiger partial charge in [0.25, 0.3) is 0 Å². The first kappa shape index (κ1) is 11.5. The molecule has 2 N–H and O–H groups in total. The summed E-state index contributed by atoms with van der Waals surface area (Å²) in [7, 11) is 0. The average Bonchev–Trinajstić information content (AvgIpc) is 2.71. The number of carbonyl (C=O) groups is 1. The number of fused-ring (bicyclic) bond motifs is 1. The van der Waals surface area contributed by atoms with E-state index in [1.807, 2.05) is 0 Å². The molecule has 0 amide bonds. The highest BCUT2D eigenvalue weighted by molar-refractivity contribution is 6.00. The highest BCUT2D eigenvalue weighted by atomic mass is 19.1. The second kappa shape index (κ2) is 4.51. The number of benzene rings is 1. The van der Waals surface area contributed by atoms with E-state index in [0.29, 0.717) is 17.4 Å². The van der Waals surface area contributed by atoms with E-state index in [1.165, 1.54) is 24.3 Å². The van der Waals surface area contributed by atoms with Crippen LogP contribution in [-0.2, 0) is 0 Å². The SMILES string of the molecule is C=CCC(N)C(=O)c1cc2cc(F)ccc2o1. The van der Waals surface area contributed by atoms with E-state index < -0.39 is 6.04 Å². The van der Waals surface area contributed by atoms with Crippen LogP contribution in [0.25, 0.3) is 11.0 Å². The summed E-state index contributed by atoms with van der Waals surface area (Å²) in [5.41, 5.74) is 6.13. The third kappa shape index (κ3) is 2.26. The number of furan rings is 1. The van der Waals surface area contributed by atoms with Crippen molar-refractivity contribution in [2.24, 2.45) is 5.73 Å². The normalized spacial score (nSPS) is 12.6. The minimum atomic E-state index is -0.669. The summed E-state index contributed by atoms with van der Waals surface area (Å²) in [5.74, 6) is -0.519. The van der Waals surface area contributed by atoms with E-state index in [4.69, 9.17) is 10.2 Å². The Morgan fingerprint density at radius 3 is 3.00 bits per heavy atom. The Morgan fingerprint density at radius 2 is 2.29 bits per heavy atom. The minimum absolute atomic E-state index is 0.153. The summed E-state index contributed by atoms with van der Waals surface area (Å²) < 4.78 is 18.3. The van der Waals surface area contributed by atoms with Gasteiger partial charge in [-0.2, -0.15) is 0 Å². The van der Waals surface area contributed by atoms with Gasteiger partial charge >= 0.3 is 0 Å². The van der Waals surface area contributed by atoms with Crippen LogP contribution in [0, 0.1) is 5.82 Å². The first-order chi connectivity index (χ1) is 8.11. The molecule has 0 aliphatic carbocycles. The quantitative estimate of drug-likeness (QED) is 0.652. The highest BCUT2D eigenvalue weighted by Gasteiger charge is 2.18. The number of rotatable bonds is 4. The van der Waals surface area contributed by atoms with Crippen LogP contribution >= 0.6 is 0 Å². The van der Waals surface area contributed by atoms with Crippen molar-refractivity contribution in [1.82, 2.24) is 0 Å². The Bertz CT molecular complexity index is 574. The lowest BCUT2D eigenvalue weighted by atomic mass is 10.1. The Morgan fingerprint density at radius 1 is 1.53 bits per heavy atom. The molecule has 1 aromatic carbocycles. The van der Waals surface area contributed by atoms with Crippen LogP contribution in [0.1, 0.15) is 17.0 Å². The lowest BCUT2D eigenvalue weighted by molar-refractivity contribution is 0.0937. The Hall–Kier alpha value is -1.94. The Kier molecular flexibility index (Phi) is 3.06. The summed E-state index contributed by atoms with van der Waals surface area (Å²) in [6.45, 7) is 3.52. The molecule has 1 unspecified atom stereocenters. The number of ketones is 1. The van der Waals surface area contributed by atoms with Crippen molar-refractivity contribution in [2.45, 2.75) is 12.5 Å². The molecule has 1 atom stereocenters. The first-order valence-electron chi connectivity index (χ1n) is 5.21. The fourth-order valence-electron chi connectivity index (χ4n) is 1.60. The number of carbonyl (C=O) groups excluding carboxylic acids is 1. The molecule has 0 aliphatic rings. The van der Waals surface area contributed by atoms with E-state index in [2.05, 4.69) is 6.58 Å². The van der Waals surface area contributed by atoms with Crippen molar-refractivity contribution < 1.29 is 13.6 Å². The molecule has 88 valence electrons. The molecule has 0 bridgehead atoms. The molecule has 17 heavy (non-hydrogen) atoms. The molecule has 0 saturated carbocycles. The van der Waals surface area contributed by atoms with Gasteiger partial charge in [-0.15, -0.1) is 6.58 Å². The Balaban J connectivity index is 2.36. The van der Waals surface area contributed by atoms with Crippen molar-refractivity contribution in [3.63, 3.8) is 0 Å². The monoisotopic (exact) mass is 233 g/mol. The zero-order valence-electron chi connectivity index (χ0n) is 9.15. The van der Waals surface area contributed by atoms with Gasteiger partial charge in [-0.1, -0.05) is 6.08 Å². The van der Waals surface area contributed by atoms with Crippen molar-refractivity contribution >= 4 is 16.8 Å². The van der Waals surface area contributed by atoms with Gasteiger partial charge in [-0.25, -0.2) is 4.39 Å². The molecule has 2 aromatic rings. The number of hydrogen-bond donors (Lipinski definition) is 1. The molecule has 0 aliphatic heterocycles. The largest absolute Gasteiger partial charge is 0.453 e. The van der Waals surface area contributed by atoms with E-state index >= 15 is 0 Å². The van der Waals surface area contributed by atoms with Gasteiger partial charge in [0.2, 0.25) is 5.78 Å². The summed E-state index contributed by atoms with van der Waals surface area (Å²) in [6.07, 6.45) is 1.95. The molecule has 0 fully saturated rings. The topological polar surface area (TPSA) is 56.2 Å². The van der Waals surface area contributed by atoms with Crippen LogP contribution in [-0.4, -0.2) is 11.8 Å². The predicted molar refractivity (Wildman–Crippen MR) is 63.3 cm³/mol. The van der Waals surface area contributed by atoms with Gasteiger partial charge in [-0.05, 0) is 30.7 Å². The maximum absolute atomic E-state index is 13.0. The fourth-order valence-corrected chi connectivity index (χ4v) is 1.60. The van der Waals surface area contributed by atoms with Crippen molar-refractivity contribution in [2.75, 3.05) is 0 Å². The first-order valence-corrected chi connectivity index (χ1v) is 5.21. The van der Waals surface area contributed by atoms with Crippen LogP contribution in [0.3, 0.4) is 0 Å². The minimum Gasteiger partial charge on any atom is -0.453 e. The van der Waals surface area contributed by atoms with Crippen LogP contribution in [0.2, 0.25) is 0 Å². The second-order valence-corrected chi connectivity index (χ2v) is 3.79. The van der Waals surface area contributed by atoms with Crippen LogP contribution in [0.4, 0.5) is 4.39 Å². The van der Waals surface area contributed by atoms with Gasteiger partial charge in [0.1, 0.15) is 11.4 Å². The zero-order chi connectivity index (χ0) is 12.4. The standard InChI is InChI=1S/C13H12FNO2/c1-2-3-10(15)13(16)12-7-8-6-9(14)4-5-11(8)17-12/h2,4-7,10H,1,3,15H2. The molecule has 3 nitrogen and oxygen atoms in total. The number of nitrogens with two attached hydrogens (primary N) is 1. The van der Waals surface area contributed by atoms with Crippen LogP contribution in [0.5, 0.6) is 0 Å². The molecule has 4 heteroatoms. The van der Waals surface area contributed by atoms with E-state index in [9.17, 15) is 9.18 Å². The number of hydrogen-bond acceptors (Lipinski definition) is 3. The lowest BCUT2D eigenvalue weighted by Crippen LogP contribution is -2.29. The van der Waals surface area contributed by atoms with Crippen molar-refractivity contribution in [3.05, 3.63) is 48.5 Å². The maximum Gasteiger partial charge on any atom is 0.214 e. The van der Waals surface area contributed by atoms with Gasteiger partial charge in [0.05, 0.1) is 6.04 Å². The third-order valence-corrected chi connectivity index (χ3v) is 2.48. The molecule has 0 radical (unpaired) electrons. The Labute approximate surface area is 97.7 Å². The third-order valence-electron chi connectivity index (χ3n) is 2.48. The lowest BCUT2D eigenvalue weighted by Gasteiger charge is -2.03. The summed E-state index contributed by atoms with van der Waals surface area (Å²) in [6, 6.07) is 4.92. The van der Waals surface area contributed by atoms with Gasteiger partial charge < -0.3 is 10.2 Å². The van der Waals surface area contributed by atoms with Crippen LogP contribution < -0.4 is 5.73 Å². The summed E-state index contributed by atoms with van der Waals surface area (Å²) in [5, 5.41) is 0.555. The fraction of sp³-hybridized carbons (Fsp3) is 0.154. The van der Waals surface area contributed by atoms with Gasteiger partial charge in [-0.3, -0.25) is 4.79 Å². The molecular formula is C13H12FNO2. The summed E-state index contributed by atoms with van der Waals surface area (Å²) >= 11 is 0. The molecule has 0 saturated heterocycles. The van der Waals surface area contributed by atoms with Gasteiger partial charge in [0, 0.05) is 5.39 Å². The van der Waals surface area contributed by atoms with Crippen molar-refractivity contribution in [1.29, 1.82) is 0 Å².